The SMILES string of the molecule is Cc1nc(C)c(C(NN)c2ccc(F)c(C)c2)s1. The lowest BCUT2D eigenvalue weighted by Gasteiger charge is -2.16. The number of thiazole rings is 1. The number of nitrogens with one attached hydrogen (secondary N) is 1. The fraction of sp³-hybridized carbons (Fsp3) is 0.308. The predicted molar refractivity (Wildman–Crippen MR) is 71.9 cm³/mol. The van der Waals surface area contributed by atoms with Crippen molar-refractivity contribution >= 4 is 11.3 Å². The number of nitrogens with two attached hydrogens (primary N) is 1. The molecular formula is C13H16FN3S. The molecule has 1 aromatic heterocycles. The number of halogens is 1. The van der Waals surface area contributed by atoms with E-state index >= 15 is 0 Å². The minimum atomic E-state index is -0.202. The van der Waals surface area contributed by atoms with Gasteiger partial charge in [-0.3, -0.25) is 5.84 Å². The first-order valence-electron chi connectivity index (χ1n) is 5.69. The lowest BCUT2D eigenvalue weighted by Crippen LogP contribution is -2.28. The number of hydrogen-bond donors (Lipinski definition) is 2. The summed E-state index contributed by atoms with van der Waals surface area (Å²) in [4.78, 5) is 5.46. The van der Waals surface area contributed by atoms with E-state index in [9.17, 15) is 4.39 Å². The van der Waals surface area contributed by atoms with E-state index in [1.54, 1.807) is 24.3 Å². The molecule has 5 heteroatoms. The Morgan fingerprint density at radius 1 is 1.33 bits per heavy atom. The maximum Gasteiger partial charge on any atom is 0.126 e. The average molecular weight is 265 g/mol. The average Bonchev–Trinajstić information content (AvgIpc) is 2.64. The highest BCUT2D eigenvalue weighted by molar-refractivity contribution is 7.11. The Kier molecular flexibility index (Phi) is 3.75. The van der Waals surface area contributed by atoms with Crippen LogP contribution >= 0.6 is 11.3 Å². The lowest BCUT2D eigenvalue weighted by molar-refractivity contribution is 0.609. The van der Waals surface area contributed by atoms with Crippen LogP contribution in [0.25, 0.3) is 0 Å². The van der Waals surface area contributed by atoms with Crippen molar-refractivity contribution < 1.29 is 4.39 Å². The van der Waals surface area contributed by atoms with Gasteiger partial charge in [-0.25, -0.2) is 14.8 Å². The van der Waals surface area contributed by atoms with Crippen molar-refractivity contribution in [2.45, 2.75) is 26.8 Å². The Morgan fingerprint density at radius 3 is 2.56 bits per heavy atom. The van der Waals surface area contributed by atoms with Crippen molar-refractivity contribution in [3.8, 4) is 0 Å². The van der Waals surface area contributed by atoms with Gasteiger partial charge in [-0.15, -0.1) is 11.3 Å². The fourth-order valence-electron chi connectivity index (χ4n) is 1.99. The smallest absolute Gasteiger partial charge is 0.126 e. The van der Waals surface area contributed by atoms with Crippen molar-refractivity contribution in [1.29, 1.82) is 0 Å². The van der Waals surface area contributed by atoms with Gasteiger partial charge in [0.15, 0.2) is 0 Å². The summed E-state index contributed by atoms with van der Waals surface area (Å²) < 4.78 is 13.3. The third kappa shape index (κ3) is 2.43. The number of rotatable bonds is 3. The summed E-state index contributed by atoms with van der Waals surface area (Å²) >= 11 is 1.60. The second-order valence-corrected chi connectivity index (χ2v) is 5.53. The van der Waals surface area contributed by atoms with Gasteiger partial charge < -0.3 is 0 Å². The highest BCUT2D eigenvalue weighted by Crippen LogP contribution is 2.30. The molecule has 0 fully saturated rings. The summed E-state index contributed by atoms with van der Waals surface area (Å²) in [6.07, 6.45) is 0. The normalized spacial score (nSPS) is 12.7. The molecule has 1 atom stereocenters. The summed E-state index contributed by atoms with van der Waals surface area (Å²) in [5, 5.41) is 1.00. The van der Waals surface area contributed by atoms with Crippen LogP contribution in [0, 0.1) is 26.6 Å². The van der Waals surface area contributed by atoms with E-state index < -0.39 is 0 Å². The summed E-state index contributed by atoms with van der Waals surface area (Å²) in [6.45, 7) is 5.67. The first-order valence-corrected chi connectivity index (χ1v) is 6.50. The van der Waals surface area contributed by atoms with Crippen molar-refractivity contribution in [1.82, 2.24) is 10.4 Å². The van der Waals surface area contributed by atoms with Gasteiger partial charge in [0.25, 0.3) is 0 Å². The topological polar surface area (TPSA) is 50.9 Å². The molecular weight excluding hydrogens is 249 g/mol. The van der Waals surface area contributed by atoms with Crippen LogP contribution in [0.2, 0.25) is 0 Å². The van der Waals surface area contributed by atoms with Gasteiger partial charge in [0.1, 0.15) is 5.82 Å². The van der Waals surface area contributed by atoms with Crippen molar-refractivity contribution in [2.75, 3.05) is 0 Å². The van der Waals surface area contributed by atoms with E-state index in [0.29, 0.717) is 5.56 Å². The van der Waals surface area contributed by atoms with E-state index in [4.69, 9.17) is 5.84 Å². The largest absolute Gasteiger partial charge is 0.271 e. The maximum atomic E-state index is 13.3. The molecule has 0 aliphatic carbocycles. The van der Waals surface area contributed by atoms with Crippen molar-refractivity contribution in [3.63, 3.8) is 0 Å². The Balaban J connectivity index is 2.45. The van der Waals surface area contributed by atoms with Gasteiger partial charge in [-0.1, -0.05) is 12.1 Å². The van der Waals surface area contributed by atoms with Gasteiger partial charge in [0.05, 0.1) is 21.6 Å². The monoisotopic (exact) mass is 265 g/mol. The molecule has 1 heterocycles. The van der Waals surface area contributed by atoms with Crippen LogP contribution < -0.4 is 11.3 Å². The van der Waals surface area contributed by atoms with Crippen LogP contribution in [-0.4, -0.2) is 4.98 Å². The predicted octanol–water partition coefficient (Wildman–Crippen LogP) is 2.76. The third-order valence-electron chi connectivity index (χ3n) is 2.88. The van der Waals surface area contributed by atoms with Gasteiger partial charge in [-0.05, 0) is 38.0 Å². The minimum absolute atomic E-state index is 0.143. The molecule has 0 radical (unpaired) electrons. The number of aryl methyl sites for hydroxylation is 3. The van der Waals surface area contributed by atoms with Crippen LogP contribution in [0.1, 0.15) is 32.7 Å². The van der Waals surface area contributed by atoms with Gasteiger partial charge >= 0.3 is 0 Å². The van der Waals surface area contributed by atoms with Crippen LogP contribution in [-0.2, 0) is 0 Å². The third-order valence-corrected chi connectivity index (χ3v) is 4.02. The standard InChI is InChI=1S/C13H16FN3S/c1-7-6-10(4-5-11(7)14)12(17-15)13-8(2)16-9(3)18-13/h4-6,12,17H,15H2,1-3H3. The van der Waals surface area contributed by atoms with E-state index in [-0.39, 0.29) is 11.9 Å². The summed E-state index contributed by atoms with van der Waals surface area (Å²) in [6, 6.07) is 4.89. The number of hydrogen-bond acceptors (Lipinski definition) is 4. The van der Waals surface area contributed by atoms with Gasteiger partial charge in [0, 0.05) is 0 Å². The van der Waals surface area contributed by atoms with Crippen LogP contribution in [0.4, 0.5) is 4.39 Å². The summed E-state index contributed by atoms with van der Waals surface area (Å²) in [5.41, 5.74) is 5.31. The zero-order valence-corrected chi connectivity index (χ0v) is 11.4. The van der Waals surface area contributed by atoms with Gasteiger partial charge in [0.2, 0.25) is 0 Å². The molecule has 2 aromatic rings. The number of hydrazine groups is 1. The molecule has 3 nitrogen and oxygen atoms in total. The molecule has 1 aromatic carbocycles. The quantitative estimate of drug-likeness (QED) is 0.663. The second-order valence-electron chi connectivity index (χ2n) is 4.29. The van der Waals surface area contributed by atoms with Crippen LogP contribution in [0.3, 0.4) is 0 Å². The zero-order valence-electron chi connectivity index (χ0n) is 10.6. The molecule has 0 spiro atoms. The van der Waals surface area contributed by atoms with E-state index in [1.165, 1.54) is 6.07 Å². The van der Waals surface area contributed by atoms with E-state index in [0.717, 1.165) is 21.1 Å². The van der Waals surface area contributed by atoms with Crippen LogP contribution in [0.5, 0.6) is 0 Å². The molecule has 18 heavy (non-hydrogen) atoms. The summed E-state index contributed by atoms with van der Waals surface area (Å²) in [5.74, 6) is 5.44. The van der Waals surface area contributed by atoms with E-state index in [1.807, 2.05) is 19.9 Å². The fourth-order valence-corrected chi connectivity index (χ4v) is 3.00. The minimum Gasteiger partial charge on any atom is -0.271 e. The van der Waals surface area contributed by atoms with Crippen molar-refractivity contribution in [2.24, 2.45) is 5.84 Å². The molecule has 1 unspecified atom stereocenters. The second kappa shape index (κ2) is 5.14. The zero-order chi connectivity index (χ0) is 13.3. The molecule has 0 aliphatic rings. The lowest BCUT2D eigenvalue weighted by atomic mass is 10.0. The molecule has 96 valence electrons. The van der Waals surface area contributed by atoms with Crippen LogP contribution in [0.15, 0.2) is 18.2 Å². The summed E-state index contributed by atoms with van der Waals surface area (Å²) in [7, 11) is 0. The molecule has 2 rings (SSSR count). The molecule has 0 saturated heterocycles. The highest BCUT2D eigenvalue weighted by Gasteiger charge is 2.18. The Bertz CT molecular complexity index is 565. The first kappa shape index (κ1) is 13.1. The molecule has 3 N–H and O–H groups in total. The molecule has 0 bridgehead atoms. The Morgan fingerprint density at radius 2 is 2.06 bits per heavy atom. The van der Waals surface area contributed by atoms with E-state index in [2.05, 4.69) is 10.4 Å². The molecule has 0 saturated carbocycles. The number of aromatic nitrogens is 1. The maximum absolute atomic E-state index is 13.3. The number of nitrogens with zero attached hydrogens (tertiary/aromatic N) is 1. The molecule has 0 aliphatic heterocycles. The Hall–Kier alpha value is -1.30. The Labute approximate surface area is 110 Å². The first-order chi connectivity index (χ1) is 8.52. The molecule has 0 amide bonds. The highest BCUT2D eigenvalue weighted by atomic mass is 32.1. The van der Waals surface area contributed by atoms with Gasteiger partial charge in [-0.2, -0.15) is 0 Å². The van der Waals surface area contributed by atoms with Crippen molar-refractivity contribution in [3.05, 3.63) is 50.7 Å². The number of benzene rings is 1.